The minimum absolute atomic E-state index is 0.762. The number of hydrogen-bond acceptors (Lipinski definition) is 3. The first-order valence-electron chi connectivity index (χ1n) is 4.66. The molecule has 1 N–H and O–H groups in total. The fraction of sp³-hybridized carbons (Fsp3) is 0.0909. The van der Waals surface area contributed by atoms with E-state index in [2.05, 4.69) is 47.1 Å². The molecule has 2 aromatic rings. The van der Waals surface area contributed by atoms with Crippen LogP contribution >= 0.6 is 31.9 Å². The molecule has 5 heteroatoms. The zero-order chi connectivity index (χ0) is 11.5. The SMILES string of the molecule is Cc1c(Br)cccc1Nc1cc(Br)ncn1. The Hall–Kier alpha value is -0.940. The van der Waals surface area contributed by atoms with Crippen LogP contribution in [0, 0.1) is 6.92 Å². The van der Waals surface area contributed by atoms with E-state index in [1.807, 2.05) is 31.2 Å². The Morgan fingerprint density at radius 1 is 1.19 bits per heavy atom. The van der Waals surface area contributed by atoms with Crippen molar-refractivity contribution in [1.82, 2.24) is 9.97 Å². The van der Waals surface area contributed by atoms with Crippen molar-refractivity contribution in [2.75, 3.05) is 5.32 Å². The first-order chi connectivity index (χ1) is 7.66. The molecule has 1 aromatic carbocycles. The van der Waals surface area contributed by atoms with Crippen LogP contribution in [0.25, 0.3) is 0 Å². The van der Waals surface area contributed by atoms with Gasteiger partial charge in [0, 0.05) is 16.2 Å². The highest BCUT2D eigenvalue weighted by molar-refractivity contribution is 9.10. The number of anilines is 2. The molecule has 1 heterocycles. The fourth-order valence-corrected chi connectivity index (χ4v) is 1.96. The standard InChI is InChI=1S/C11H9Br2N3/c1-7-8(12)3-2-4-9(7)16-11-5-10(13)14-6-15-11/h2-6H,1H3,(H,14,15,16). The quantitative estimate of drug-likeness (QED) is 0.836. The molecule has 82 valence electrons. The maximum Gasteiger partial charge on any atom is 0.134 e. The summed E-state index contributed by atoms with van der Waals surface area (Å²) in [5.41, 5.74) is 2.18. The number of aromatic nitrogens is 2. The van der Waals surface area contributed by atoms with E-state index in [4.69, 9.17) is 0 Å². The molecule has 0 saturated carbocycles. The third-order valence-electron chi connectivity index (χ3n) is 2.16. The van der Waals surface area contributed by atoms with Gasteiger partial charge in [-0.2, -0.15) is 0 Å². The Bertz CT molecular complexity index is 514. The van der Waals surface area contributed by atoms with Crippen LogP contribution in [0.15, 0.2) is 39.7 Å². The van der Waals surface area contributed by atoms with Crippen LogP contribution < -0.4 is 5.32 Å². The van der Waals surface area contributed by atoms with Crippen molar-refractivity contribution >= 4 is 43.4 Å². The van der Waals surface area contributed by atoms with E-state index in [1.165, 1.54) is 6.33 Å². The summed E-state index contributed by atoms with van der Waals surface area (Å²) in [7, 11) is 0. The molecule has 0 amide bonds. The summed E-state index contributed by atoms with van der Waals surface area (Å²) < 4.78 is 1.84. The van der Waals surface area contributed by atoms with Gasteiger partial charge in [0.15, 0.2) is 0 Å². The molecular formula is C11H9Br2N3. The predicted molar refractivity (Wildman–Crippen MR) is 71.9 cm³/mol. The third kappa shape index (κ3) is 2.59. The summed E-state index contributed by atoms with van der Waals surface area (Å²) in [6.07, 6.45) is 1.51. The smallest absolute Gasteiger partial charge is 0.134 e. The molecule has 0 fully saturated rings. The minimum atomic E-state index is 0.762. The molecule has 0 atom stereocenters. The summed E-state index contributed by atoms with van der Waals surface area (Å²) in [5.74, 6) is 0.767. The van der Waals surface area contributed by atoms with Gasteiger partial charge in [-0.25, -0.2) is 9.97 Å². The second kappa shape index (κ2) is 4.93. The number of benzene rings is 1. The molecule has 1 aromatic heterocycles. The van der Waals surface area contributed by atoms with Gasteiger partial charge in [-0.15, -0.1) is 0 Å². The molecule has 0 unspecified atom stereocenters. The molecular weight excluding hydrogens is 334 g/mol. The lowest BCUT2D eigenvalue weighted by molar-refractivity contribution is 1.14. The zero-order valence-electron chi connectivity index (χ0n) is 8.54. The Morgan fingerprint density at radius 2 is 2.00 bits per heavy atom. The molecule has 3 nitrogen and oxygen atoms in total. The zero-order valence-corrected chi connectivity index (χ0v) is 11.7. The first-order valence-corrected chi connectivity index (χ1v) is 6.25. The van der Waals surface area contributed by atoms with E-state index < -0.39 is 0 Å². The molecule has 16 heavy (non-hydrogen) atoms. The molecule has 0 bridgehead atoms. The van der Waals surface area contributed by atoms with Gasteiger partial charge in [-0.3, -0.25) is 0 Å². The van der Waals surface area contributed by atoms with Crippen LogP contribution in [-0.4, -0.2) is 9.97 Å². The number of halogens is 2. The highest BCUT2D eigenvalue weighted by atomic mass is 79.9. The van der Waals surface area contributed by atoms with Crippen molar-refractivity contribution in [2.24, 2.45) is 0 Å². The summed E-state index contributed by atoms with van der Waals surface area (Å²) in [6.45, 7) is 2.04. The third-order valence-corrected chi connectivity index (χ3v) is 3.46. The maximum atomic E-state index is 4.14. The van der Waals surface area contributed by atoms with Crippen LogP contribution in [0.4, 0.5) is 11.5 Å². The van der Waals surface area contributed by atoms with E-state index >= 15 is 0 Å². The molecule has 0 spiro atoms. The maximum absolute atomic E-state index is 4.14. The van der Waals surface area contributed by atoms with Crippen molar-refractivity contribution in [3.05, 3.63) is 45.2 Å². The van der Waals surface area contributed by atoms with Crippen LogP contribution in [0.1, 0.15) is 5.56 Å². The topological polar surface area (TPSA) is 37.8 Å². The highest BCUT2D eigenvalue weighted by Gasteiger charge is 2.03. The Morgan fingerprint density at radius 3 is 2.75 bits per heavy atom. The van der Waals surface area contributed by atoms with E-state index in [0.29, 0.717) is 0 Å². The average Bonchev–Trinajstić information content (AvgIpc) is 2.25. The van der Waals surface area contributed by atoms with Crippen molar-refractivity contribution in [3.63, 3.8) is 0 Å². The van der Waals surface area contributed by atoms with Crippen molar-refractivity contribution in [2.45, 2.75) is 6.92 Å². The monoisotopic (exact) mass is 341 g/mol. The van der Waals surface area contributed by atoms with Crippen LogP contribution in [0.3, 0.4) is 0 Å². The second-order valence-corrected chi connectivity index (χ2v) is 4.93. The van der Waals surface area contributed by atoms with E-state index in [-0.39, 0.29) is 0 Å². The van der Waals surface area contributed by atoms with Gasteiger partial charge in [-0.05, 0) is 40.5 Å². The number of hydrogen-bond donors (Lipinski definition) is 1. The highest BCUT2D eigenvalue weighted by Crippen LogP contribution is 2.26. The number of nitrogens with zero attached hydrogens (tertiary/aromatic N) is 2. The Labute approximate surface area is 111 Å². The Balaban J connectivity index is 2.31. The van der Waals surface area contributed by atoms with Gasteiger partial charge in [-0.1, -0.05) is 22.0 Å². The lowest BCUT2D eigenvalue weighted by Gasteiger charge is -2.09. The lowest BCUT2D eigenvalue weighted by Crippen LogP contribution is -1.96. The van der Waals surface area contributed by atoms with Crippen molar-refractivity contribution < 1.29 is 0 Å². The molecule has 0 aliphatic carbocycles. The second-order valence-electron chi connectivity index (χ2n) is 3.26. The molecule has 0 radical (unpaired) electrons. The van der Waals surface area contributed by atoms with Crippen LogP contribution in [0.2, 0.25) is 0 Å². The normalized spacial score (nSPS) is 10.2. The number of nitrogens with one attached hydrogen (secondary N) is 1. The van der Waals surface area contributed by atoms with Gasteiger partial charge in [0.2, 0.25) is 0 Å². The van der Waals surface area contributed by atoms with E-state index in [9.17, 15) is 0 Å². The van der Waals surface area contributed by atoms with Crippen molar-refractivity contribution in [3.8, 4) is 0 Å². The molecule has 0 aliphatic heterocycles. The van der Waals surface area contributed by atoms with E-state index in [0.717, 1.165) is 26.1 Å². The van der Waals surface area contributed by atoms with Gasteiger partial charge in [0.1, 0.15) is 16.7 Å². The summed E-state index contributed by atoms with van der Waals surface area (Å²) >= 11 is 6.80. The van der Waals surface area contributed by atoms with E-state index in [1.54, 1.807) is 0 Å². The summed E-state index contributed by atoms with van der Waals surface area (Å²) in [5, 5.41) is 3.24. The van der Waals surface area contributed by atoms with Gasteiger partial charge < -0.3 is 5.32 Å². The lowest BCUT2D eigenvalue weighted by atomic mass is 10.2. The summed E-state index contributed by atoms with van der Waals surface area (Å²) in [4.78, 5) is 8.12. The predicted octanol–water partition coefficient (Wildman–Crippen LogP) is 4.05. The fourth-order valence-electron chi connectivity index (χ4n) is 1.28. The first kappa shape index (κ1) is 11.5. The largest absolute Gasteiger partial charge is 0.340 e. The molecule has 0 saturated heterocycles. The van der Waals surface area contributed by atoms with Gasteiger partial charge in [0.25, 0.3) is 0 Å². The van der Waals surface area contributed by atoms with Crippen LogP contribution in [-0.2, 0) is 0 Å². The minimum Gasteiger partial charge on any atom is -0.340 e. The van der Waals surface area contributed by atoms with Gasteiger partial charge >= 0.3 is 0 Å². The molecule has 0 aliphatic rings. The average molecular weight is 343 g/mol. The van der Waals surface area contributed by atoms with Crippen LogP contribution in [0.5, 0.6) is 0 Å². The summed E-state index contributed by atoms with van der Waals surface area (Å²) in [6, 6.07) is 7.84. The van der Waals surface area contributed by atoms with Crippen molar-refractivity contribution in [1.29, 1.82) is 0 Å². The number of rotatable bonds is 2. The molecule has 2 rings (SSSR count). The van der Waals surface area contributed by atoms with Gasteiger partial charge in [0.05, 0.1) is 0 Å². The Kier molecular flexibility index (Phi) is 3.56.